The number of rotatable bonds is 9. The monoisotopic (exact) mass is 620 g/mol. The number of aryl methyl sites for hydroxylation is 1. The smallest absolute Gasteiger partial charge is 0.347 e. The summed E-state index contributed by atoms with van der Waals surface area (Å²) in [5.41, 5.74) is 6.70. The Morgan fingerprint density at radius 2 is 2.20 bits per heavy atom. The first-order valence-electron chi connectivity index (χ1n) is 11.9. The van der Waals surface area contributed by atoms with Crippen molar-refractivity contribution in [2.45, 2.75) is 31.0 Å². The lowest BCUT2D eigenvalue weighted by molar-refractivity contribution is -0.663. The maximum atomic E-state index is 13.2. The number of nitrogens with two attached hydrogens (primary N) is 1. The van der Waals surface area contributed by atoms with E-state index in [0.29, 0.717) is 5.57 Å². The first kappa shape index (κ1) is 28.3. The standard InChI is InChI=1S/C23H21ClN8O7S2/c1-9(21(35)36)39-29-14(13-17(24)41-23(25)27-13)18(33)26-15-19(34)32-16(22(37)38)10(8-40-20(15)32)6-31-5-3-4-11-12(31)7-30(2)28-11/h3-5,7,9,15,20H,6,8H2,1-2H3,(H4-,25,26,27,33,35,36,37,38)/b29-14-/t9-,15?,20?/m0/s1. The largest absolute Gasteiger partial charge is 0.543 e. The third kappa shape index (κ3) is 5.30. The molecule has 0 aromatic carbocycles. The van der Waals surface area contributed by atoms with E-state index in [1.165, 1.54) is 18.7 Å². The van der Waals surface area contributed by atoms with Gasteiger partial charge < -0.3 is 30.9 Å². The molecule has 41 heavy (non-hydrogen) atoms. The molecule has 1 saturated heterocycles. The zero-order valence-corrected chi connectivity index (χ0v) is 23.7. The number of amides is 2. The van der Waals surface area contributed by atoms with Crippen LogP contribution in [-0.2, 0) is 37.6 Å². The Kier molecular flexibility index (Phi) is 7.58. The van der Waals surface area contributed by atoms with E-state index in [4.69, 9.17) is 27.3 Å². The molecule has 2 aliphatic rings. The lowest BCUT2D eigenvalue weighted by Crippen LogP contribution is -2.71. The number of halogens is 1. The Balaban J connectivity index is 1.39. The third-order valence-electron chi connectivity index (χ3n) is 6.25. The number of nitrogen functional groups attached to an aromatic ring is 1. The molecule has 0 saturated carbocycles. The van der Waals surface area contributed by atoms with Crippen molar-refractivity contribution in [1.82, 2.24) is 25.0 Å². The zero-order chi connectivity index (χ0) is 29.6. The van der Waals surface area contributed by atoms with E-state index in [0.717, 1.165) is 27.3 Å². The summed E-state index contributed by atoms with van der Waals surface area (Å²) >= 11 is 8.25. The van der Waals surface area contributed by atoms with Gasteiger partial charge in [0.1, 0.15) is 21.4 Å². The predicted molar refractivity (Wildman–Crippen MR) is 144 cm³/mol. The van der Waals surface area contributed by atoms with Gasteiger partial charge in [-0.1, -0.05) is 28.1 Å². The number of hydrogen-bond acceptors (Lipinski definition) is 12. The summed E-state index contributed by atoms with van der Waals surface area (Å²) < 4.78 is 3.46. The van der Waals surface area contributed by atoms with Gasteiger partial charge >= 0.3 is 5.97 Å². The SMILES string of the molecule is C[C@H](O/N=C(\C(=O)NC1C(=O)N2C(C(=O)[O-])=C(C[n+]3cccc4nn(C)cc43)CSC12)c1nc(N)sc1Cl)C(=O)O. The normalized spacial score (nSPS) is 19.5. The number of anilines is 1. The molecule has 18 heteroatoms. The van der Waals surface area contributed by atoms with Crippen LogP contribution in [0.4, 0.5) is 5.13 Å². The van der Waals surface area contributed by atoms with Crippen LogP contribution < -0.4 is 20.7 Å². The number of hydrogen-bond donors (Lipinski definition) is 3. The molecule has 5 heterocycles. The Bertz CT molecular complexity index is 1670. The molecule has 3 aromatic rings. The Hall–Kier alpha value is -4.22. The second-order valence-electron chi connectivity index (χ2n) is 9.01. The second-order valence-corrected chi connectivity index (χ2v) is 11.7. The van der Waals surface area contributed by atoms with Gasteiger partial charge in [0.15, 0.2) is 29.1 Å². The molecule has 0 radical (unpaired) electrons. The fourth-order valence-electron chi connectivity index (χ4n) is 4.33. The highest BCUT2D eigenvalue weighted by molar-refractivity contribution is 8.00. The maximum Gasteiger partial charge on any atom is 0.347 e. The third-order valence-corrected chi connectivity index (χ3v) is 8.67. The van der Waals surface area contributed by atoms with Gasteiger partial charge in [0.25, 0.3) is 17.3 Å². The summed E-state index contributed by atoms with van der Waals surface area (Å²) in [5, 5.41) is 31.1. The molecule has 0 bridgehead atoms. The number of aliphatic carboxylic acids is 2. The molecule has 0 aliphatic carbocycles. The molecule has 1 fully saturated rings. The number of nitrogens with one attached hydrogen (secondary N) is 1. The van der Waals surface area contributed by atoms with Crippen LogP contribution in [0.3, 0.4) is 0 Å². The van der Waals surface area contributed by atoms with E-state index in [-0.39, 0.29) is 33.2 Å². The van der Waals surface area contributed by atoms with E-state index >= 15 is 0 Å². The molecular formula is C23H21ClN8O7S2. The molecule has 2 amide bonds. The molecule has 15 nitrogen and oxygen atoms in total. The fourth-order valence-corrected chi connectivity index (χ4v) is 6.59. The van der Waals surface area contributed by atoms with E-state index in [1.807, 2.05) is 10.6 Å². The number of thioether (sulfide) groups is 1. The van der Waals surface area contributed by atoms with Crippen LogP contribution in [0, 0.1) is 0 Å². The summed E-state index contributed by atoms with van der Waals surface area (Å²) in [6, 6.07) is 2.49. The second kappa shape index (κ2) is 11.0. The number of β-lactam (4-membered cyclic amide) rings is 1. The van der Waals surface area contributed by atoms with Crippen LogP contribution in [0.25, 0.3) is 11.0 Å². The minimum Gasteiger partial charge on any atom is -0.543 e. The predicted octanol–water partition coefficient (Wildman–Crippen LogP) is -1.15. The number of carboxylic acid groups (broad SMARTS) is 2. The van der Waals surface area contributed by atoms with Crippen molar-refractivity contribution in [3.8, 4) is 0 Å². The van der Waals surface area contributed by atoms with E-state index < -0.39 is 47.0 Å². The highest BCUT2D eigenvalue weighted by atomic mass is 35.5. The van der Waals surface area contributed by atoms with Crippen LogP contribution in [0.2, 0.25) is 4.34 Å². The maximum absolute atomic E-state index is 13.2. The molecule has 5 rings (SSSR count). The van der Waals surface area contributed by atoms with Gasteiger partial charge in [0.2, 0.25) is 6.10 Å². The van der Waals surface area contributed by atoms with Crippen molar-refractivity contribution in [2.75, 3.05) is 11.5 Å². The molecule has 2 aliphatic heterocycles. The van der Waals surface area contributed by atoms with Crippen molar-refractivity contribution in [3.05, 3.63) is 45.8 Å². The highest BCUT2D eigenvalue weighted by Crippen LogP contribution is 2.40. The van der Waals surface area contributed by atoms with Gasteiger partial charge in [0, 0.05) is 24.4 Å². The summed E-state index contributed by atoms with van der Waals surface area (Å²) in [4.78, 5) is 59.7. The minimum atomic E-state index is -1.52. The summed E-state index contributed by atoms with van der Waals surface area (Å²) in [6.45, 7) is 1.37. The number of thiazole rings is 1. The Morgan fingerprint density at radius 3 is 2.85 bits per heavy atom. The van der Waals surface area contributed by atoms with Gasteiger partial charge in [0.05, 0.1) is 17.9 Å². The Morgan fingerprint density at radius 1 is 1.44 bits per heavy atom. The molecule has 214 valence electrons. The molecule has 0 spiro atoms. The number of oxime groups is 1. The van der Waals surface area contributed by atoms with Gasteiger partial charge in [-0.15, -0.1) is 11.8 Å². The van der Waals surface area contributed by atoms with Gasteiger partial charge in [-0.05, 0) is 13.0 Å². The van der Waals surface area contributed by atoms with Gasteiger partial charge in [-0.25, -0.2) is 9.78 Å². The van der Waals surface area contributed by atoms with Gasteiger partial charge in [-0.3, -0.25) is 19.2 Å². The number of aromatic nitrogens is 4. The van der Waals surface area contributed by atoms with Crippen LogP contribution in [0.15, 0.2) is 41.0 Å². The van der Waals surface area contributed by atoms with Crippen LogP contribution in [-0.4, -0.2) is 77.5 Å². The molecular weight excluding hydrogens is 600 g/mol. The van der Waals surface area contributed by atoms with Crippen molar-refractivity contribution in [2.24, 2.45) is 12.2 Å². The number of fused-ring (bicyclic) bond motifs is 2. The first-order valence-corrected chi connectivity index (χ1v) is 14.1. The van der Waals surface area contributed by atoms with Crippen LogP contribution in [0.1, 0.15) is 12.6 Å². The zero-order valence-electron chi connectivity index (χ0n) is 21.3. The topological polar surface area (TPSA) is 209 Å². The average Bonchev–Trinajstić information content (AvgIpc) is 3.47. The van der Waals surface area contributed by atoms with Crippen molar-refractivity contribution in [1.29, 1.82) is 0 Å². The van der Waals surface area contributed by atoms with Crippen LogP contribution in [0.5, 0.6) is 0 Å². The Labute approximate surface area is 244 Å². The summed E-state index contributed by atoms with van der Waals surface area (Å²) in [6.07, 6.45) is 2.18. The molecule has 3 aromatic heterocycles. The van der Waals surface area contributed by atoms with Crippen molar-refractivity contribution < 1.29 is 38.8 Å². The van der Waals surface area contributed by atoms with E-state index in [9.17, 15) is 24.3 Å². The fraction of sp³-hybridized carbons (Fsp3) is 0.304. The molecule has 3 atom stereocenters. The number of carbonyl (C=O) groups excluding carboxylic acids is 3. The first-order chi connectivity index (χ1) is 19.5. The van der Waals surface area contributed by atoms with E-state index in [1.54, 1.807) is 30.2 Å². The quantitative estimate of drug-likeness (QED) is 0.113. The van der Waals surface area contributed by atoms with Crippen molar-refractivity contribution in [3.63, 3.8) is 0 Å². The summed E-state index contributed by atoms with van der Waals surface area (Å²) in [5.74, 6) is -4.25. The lowest BCUT2D eigenvalue weighted by atomic mass is 10.0. The highest BCUT2D eigenvalue weighted by Gasteiger charge is 2.53. The summed E-state index contributed by atoms with van der Waals surface area (Å²) in [7, 11) is 1.77. The number of nitrogens with zero attached hydrogens (tertiary/aromatic N) is 6. The van der Waals surface area contributed by atoms with Crippen molar-refractivity contribution >= 4 is 80.3 Å². The molecule has 4 N–H and O–H groups in total. The number of pyridine rings is 1. The minimum absolute atomic E-state index is 0.00969. The number of carbonyl (C=O) groups is 4. The van der Waals surface area contributed by atoms with E-state index in [2.05, 4.69) is 20.6 Å². The average molecular weight is 621 g/mol. The van der Waals surface area contributed by atoms with Crippen LogP contribution >= 0.6 is 34.7 Å². The molecule has 2 unspecified atom stereocenters. The number of carboxylic acids is 2. The van der Waals surface area contributed by atoms with Gasteiger partial charge in [-0.2, -0.15) is 9.67 Å². The lowest BCUT2D eigenvalue weighted by Gasteiger charge is -2.50.